The fourth-order valence-corrected chi connectivity index (χ4v) is 5.19. The van der Waals surface area contributed by atoms with E-state index in [1.54, 1.807) is 13.2 Å². The van der Waals surface area contributed by atoms with E-state index >= 15 is 4.39 Å². The van der Waals surface area contributed by atoms with Crippen molar-refractivity contribution in [3.8, 4) is 11.5 Å². The highest BCUT2D eigenvalue weighted by molar-refractivity contribution is 5.63. The fourth-order valence-electron chi connectivity index (χ4n) is 5.19. The molecule has 0 unspecified atom stereocenters. The minimum atomic E-state index is -0.833. The zero-order chi connectivity index (χ0) is 26.9. The van der Waals surface area contributed by atoms with Gasteiger partial charge in [0.1, 0.15) is 23.4 Å². The van der Waals surface area contributed by atoms with E-state index in [1.165, 1.54) is 24.6 Å². The van der Waals surface area contributed by atoms with Gasteiger partial charge in [0.15, 0.2) is 0 Å². The molecule has 3 aromatic carbocycles. The summed E-state index contributed by atoms with van der Waals surface area (Å²) in [6.45, 7) is 4.88. The number of aliphatic carboxylic acids is 1. The Bertz CT molecular complexity index is 1170. The minimum Gasteiger partial charge on any atom is -0.496 e. The van der Waals surface area contributed by atoms with Gasteiger partial charge in [-0.3, -0.25) is 4.79 Å². The SMILES string of the molecule is CC(=O)O.COc1ccc(F)c(N2CCC(Oc3ccc(N4CCCC4)cc3)CC2)c1Cc1ccccc1. The van der Waals surface area contributed by atoms with E-state index in [4.69, 9.17) is 19.4 Å². The summed E-state index contributed by atoms with van der Waals surface area (Å²) in [7, 11) is 1.65. The lowest BCUT2D eigenvalue weighted by molar-refractivity contribution is -0.134. The van der Waals surface area contributed by atoms with Crippen LogP contribution in [0.3, 0.4) is 0 Å². The molecule has 2 aliphatic rings. The zero-order valence-electron chi connectivity index (χ0n) is 22.2. The van der Waals surface area contributed by atoms with E-state index in [0.717, 1.165) is 68.6 Å². The summed E-state index contributed by atoms with van der Waals surface area (Å²) < 4.78 is 27.1. The third-order valence-electron chi connectivity index (χ3n) is 7.00. The van der Waals surface area contributed by atoms with Gasteiger partial charge in [0.05, 0.1) is 12.8 Å². The predicted octanol–water partition coefficient (Wildman–Crippen LogP) is 6.16. The maximum Gasteiger partial charge on any atom is 0.300 e. The first-order valence-electron chi connectivity index (χ1n) is 13.3. The summed E-state index contributed by atoms with van der Waals surface area (Å²) in [5.74, 6) is 0.624. The Morgan fingerprint density at radius 2 is 1.55 bits per heavy atom. The Morgan fingerprint density at radius 1 is 0.921 bits per heavy atom. The van der Waals surface area contributed by atoms with Gasteiger partial charge in [-0.25, -0.2) is 4.39 Å². The zero-order valence-corrected chi connectivity index (χ0v) is 22.2. The second-order valence-electron chi connectivity index (χ2n) is 9.75. The Morgan fingerprint density at radius 3 is 2.16 bits per heavy atom. The van der Waals surface area contributed by atoms with Crippen LogP contribution in [0.1, 0.15) is 43.7 Å². The van der Waals surface area contributed by atoms with Crippen LogP contribution in [0.4, 0.5) is 15.8 Å². The Labute approximate surface area is 224 Å². The number of ether oxygens (including phenoxy) is 2. The lowest BCUT2D eigenvalue weighted by atomic mass is 9.99. The van der Waals surface area contributed by atoms with Gasteiger partial charge in [-0.05, 0) is 54.8 Å². The van der Waals surface area contributed by atoms with Crippen LogP contribution in [0, 0.1) is 5.82 Å². The first-order chi connectivity index (χ1) is 18.4. The van der Waals surface area contributed by atoms with Crippen molar-refractivity contribution in [3.05, 3.63) is 83.7 Å². The number of rotatable bonds is 7. The standard InChI is InChI=1S/C29H33FN2O2.C2H4O2/c1-33-28-14-13-27(30)29(26(28)21-22-7-3-2-4-8-22)32-19-15-25(16-20-32)34-24-11-9-23(10-12-24)31-17-5-6-18-31;1-2(3)4/h2-4,7-14,25H,5-6,15-21H2,1H3;1H3,(H,3,4). The van der Waals surface area contributed by atoms with Crippen LogP contribution in [0.2, 0.25) is 0 Å². The van der Waals surface area contributed by atoms with Crippen molar-refractivity contribution < 1.29 is 23.8 Å². The molecule has 0 aromatic heterocycles. The van der Waals surface area contributed by atoms with Gasteiger partial charge in [-0.15, -0.1) is 0 Å². The van der Waals surface area contributed by atoms with Crippen molar-refractivity contribution in [2.45, 2.75) is 45.1 Å². The van der Waals surface area contributed by atoms with Gasteiger partial charge < -0.3 is 24.4 Å². The van der Waals surface area contributed by atoms with Gasteiger partial charge in [0.25, 0.3) is 5.97 Å². The molecular formula is C31H37FN2O4. The minimum absolute atomic E-state index is 0.139. The fraction of sp³-hybridized carbons (Fsp3) is 0.387. The molecule has 7 heteroatoms. The molecule has 2 heterocycles. The molecule has 0 spiro atoms. The number of carbonyl (C=O) groups is 1. The van der Waals surface area contributed by atoms with E-state index in [-0.39, 0.29) is 11.9 Å². The van der Waals surface area contributed by atoms with Crippen LogP contribution in [-0.4, -0.2) is 50.5 Å². The molecule has 2 saturated heterocycles. The van der Waals surface area contributed by atoms with Crippen molar-refractivity contribution in [1.29, 1.82) is 0 Å². The molecule has 1 N–H and O–H groups in total. The molecule has 5 rings (SSSR count). The van der Waals surface area contributed by atoms with Crippen molar-refractivity contribution in [1.82, 2.24) is 0 Å². The van der Waals surface area contributed by atoms with Crippen LogP contribution in [0.25, 0.3) is 0 Å². The second kappa shape index (κ2) is 13.2. The number of hydrogen-bond acceptors (Lipinski definition) is 5. The van der Waals surface area contributed by atoms with Gasteiger partial charge in [0.2, 0.25) is 0 Å². The van der Waals surface area contributed by atoms with E-state index in [2.05, 4.69) is 46.2 Å². The van der Waals surface area contributed by atoms with Crippen molar-refractivity contribution in [3.63, 3.8) is 0 Å². The molecule has 0 amide bonds. The number of halogens is 1. The van der Waals surface area contributed by atoms with Gasteiger partial charge in [-0.1, -0.05) is 30.3 Å². The third kappa shape index (κ3) is 7.18. The number of piperidine rings is 1. The molecule has 202 valence electrons. The third-order valence-corrected chi connectivity index (χ3v) is 7.00. The molecule has 0 aliphatic carbocycles. The summed E-state index contributed by atoms with van der Waals surface area (Å²) >= 11 is 0. The normalized spacial score (nSPS) is 15.6. The number of nitrogens with zero attached hydrogens (tertiary/aromatic N) is 2. The van der Waals surface area contributed by atoms with E-state index in [9.17, 15) is 0 Å². The largest absolute Gasteiger partial charge is 0.496 e. The summed E-state index contributed by atoms with van der Waals surface area (Å²) in [4.78, 5) is 13.6. The Hall–Kier alpha value is -3.74. The first-order valence-corrected chi connectivity index (χ1v) is 13.3. The Balaban J connectivity index is 0.000000786. The smallest absolute Gasteiger partial charge is 0.300 e. The summed E-state index contributed by atoms with van der Waals surface area (Å²) in [6, 6.07) is 21.9. The highest BCUT2D eigenvalue weighted by Crippen LogP contribution is 2.36. The first kappa shape index (κ1) is 27.3. The number of benzene rings is 3. The average molecular weight is 521 g/mol. The average Bonchev–Trinajstić information content (AvgIpc) is 3.46. The topological polar surface area (TPSA) is 62.2 Å². The molecule has 0 radical (unpaired) electrons. The second-order valence-corrected chi connectivity index (χ2v) is 9.75. The van der Waals surface area contributed by atoms with Crippen molar-refractivity contribution in [2.24, 2.45) is 0 Å². The molecule has 2 fully saturated rings. The van der Waals surface area contributed by atoms with E-state index in [1.807, 2.05) is 18.2 Å². The maximum atomic E-state index is 15.1. The molecule has 0 atom stereocenters. The lowest BCUT2D eigenvalue weighted by Gasteiger charge is -2.35. The quantitative estimate of drug-likeness (QED) is 0.402. The van der Waals surface area contributed by atoms with Crippen molar-refractivity contribution >= 4 is 17.3 Å². The van der Waals surface area contributed by atoms with Crippen LogP contribution < -0.4 is 19.3 Å². The number of carboxylic acid groups (broad SMARTS) is 1. The number of methoxy groups -OCH3 is 1. The van der Waals surface area contributed by atoms with Gasteiger partial charge >= 0.3 is 0 Å². The molecule has 2 aliphatic heterocycles. The van der Waals surface area contributed by atoms with E-state index in [0.29, 0.717) is 12.1 Å². The molecule has 0 bridgehead atoms. The summed E-state index contributed by atoms with van der Waals surface area (Å²) in [5, 5.41) is 7.42. The monoisotopic (exact) mass is 520 g/mol. The van der Waals surface area contributed by atoms with Crippen molar-refractivity contribution in [2.75, 3.05) is 43.1 Å². The maximum absolute atomic E-state index is 15.1. The highest BCUT2D eigenvalue weighted by Gasteiger charge is 2.26. The molecule has 38 heavy (non-hydrogen) atoms. The molecule has 0 saturated carbocycles. The highest BCUT2D eigenvalue weighted by atomic mass is 19.1. The van der Waals surface area contributed by atoms with Gasteiger partial charge in [0, 0.05) is 63.6 Å². The van der Waals surface area contributed by atoms with Crippen LogP contribution in [0.15, 0.2) is 66.7 Å². The molecular weight excluding hydrogens is 483 g/mol. The Kier molecular flexibility index (Phi) is 9.46. The predicted molar refractivity (Wildman–Crippen MR) is 149 cm³/mol. The number of carboxylic acids is 1. The number of hydrogen-bond donors (Lipinski definition) is 1. The van der Waals surface area contributed by atoms with E-state index < -0.39 is 5.97 Å². The summed E-state index contributed by atoms with van der Waals surface area (Å²) in [5.41, 5.74) is 3.99. The number of anilines is 2. The molecule has 3 aromatic rings. The van der Waals surface area contributed by atoms with Gasteiger partial charge in [-0.2, -0.15) is 0 Å². The van der Waals surface area contributed by atoms with Crippen LogP contribution >= 0.6 is 0 Å². The van der Waals surface area contributed by atoms with Crippen LogP contribution in [0.5, 0.6) is 11.5 Å². The lowest BCUT2D eigenvalue weighted by Crippen LogP contribution is -2.39. The van der Waals surface area contributed by atoms with Crippen LogP contribution in [-0.2, 0) is 11.2 Å². The summed E-state index contributed by atoms with van der Waals surface area (Å²) in [6.07, 6.45) is 5.04. The molecule has 6 nitrogen and oxygen atoms in total.